The maximum absolute atomic E-state index is 13.0. The van der Waals surface area contributed by atoms with Crippen molar-refractivity contribution in [2.24, 2.45) is 0 Å². The fourth-order valence-electron chi connectivity index (χ4n) is 3.42. The van der Waals surface area contributed by atoms with Crippen LogP contribution in [0, 0.1) is 6.92 Å². The second-order valence-corrected chi connectivity index (χ2v) is 7.20. The van der Waals surface area contributed by atoms with Crippen LogP contribution in [0.15, 0.2) is 40.2 Å². The molecule has 128 valence electrons. The highest BCUT2D eigenvalue weighted by Crippen LogP contribution is 2.36. The third-order valence-electron chi connectivity index (χ3n) is 4.65. The Hall–Kier alpha value is -2.47. The monoisotopic (exact) mass is 353 g/mol. The second kappa shape index (κ2) is 6.44. The quantitative estimate of drug-likeness (QED) is 0.706. The Morgan fingerprint density at radius 3 is 2.80 bits per heavy atom. The van der Waals surface area contributed by atoms with Crippen LogP contribution in [0.5, 0.6) is 0 Å². The van der Waals surface area contributed by atoms with Gasteiger partial charge in [0.05, 0.1) is 6.04 Å². The van der Waals surface area contributed by atoms with Gasteiger partial charge in [-0.2, -0.15) is 4.98 Å². The Kier molecular flexibility index (Phi) is 4.13. The van der Waals surface area contributed by atoms with Gasteiger partial charge in [-0.3, -0.25) is 4.79 Å². The van der Waals surface area contributed by atoms with Crippen molar-refractivity contribution in [2.75, 3.05) is 6.54 Å². The second-order valence-electron chi connectivity index (χ2n) is 6.20. The van der Waals surface area contributed by atoms with Gasteiger partial charge in [-0.1, -0.05) is 12.1 Å². The molecule has 0 aliphatic carbocycles. The van der Waals surface area contributed by atoms with Gasteiger partial charge in [-0.25, -0.2) is 0 Å². The van der Waals surface area contributed by atoms with Crippen molar-refractivity contribution in [1.82, 2.24) is 15.0 Å². The fraction of sp³-hybridized carbons (Fsp3) is 0.316. The smallest absolute Gasteiger partial charge is 0.257 e. The molecule has 0 bridgehead atoms. The van der Waals surface area contributed by atoms with Crippen LogP contribution in [0.1, 0.15) is 46.0 Å². The summed E-state index contributed by atoms with van der Waals surface area (Å²) >= 11 is 1.79. The molecule has 3 aromatic rings. The molecule has 5 nitrogen and oxygen atoms in total. The summed E-state index contributed by atoms with van der Waals surface area (Å²) in [6.45, 7) is 4.69. The van der Waals surface area contributed by atoms with Crippen LogP contribution >= 0.6 is 11.3 Å². The SMILES string of the molecule is CCC1c2ccsc2CCN1C(=O)c1ccc(-c2nc(C)no2)cc1. The van der Waals surface area contributed by atoms with Crippen LogP contribution in [-0.4, -0.2) is 27.5 Å². The van der Waals surface area contributed by atoms with Crippen LogP contribution < -0.4 is 0 Å². The lowest BCUT2D eigenvalue weighted by Crippen LogP contribution is -2.39. The summed E-state index contributed by atoms with van der Waals surface area (Å²) in [7, 11) is 0. The molecule has 1 aliphatic rings. The summed E-state index contributed by atoms with van der Waals surface area (Å²) in [4.78, 5) is 20.7. The molecule has 1 amide bonds. The van der Waals surface area contributed by atoms with E-state index >= 15 is 0 Å². The van der Waals surface area contributed by atoms with Crippen LogP contribution in [0.4, 0.5) is 0 Å². The molecule has 0 saturated carbocycles. The molecule has 1 aliphatic heterocycles. The number of carbonyl (C=O) groups excluding carboxylic acids is 1. The van der Waals surface area contributed by atoms with Gasteiger partial charge in [0.25, 0.3) is 11.8 Å². The lowest BCUT2D eigenvalue weighted by Gasteiger charge is -2.35. The van der Waals surface area contributed by atoms with Gasteiger partial charge in [0.15, 0.2) is 5.82 Å². The van der Waals surface area contributed by atoms with Gasteiger partial charge in [0, 0.05) is 22.5 Å². The van der Waals surface area contributed by atoms with E-state index in [1.165, 1.54) is 10.4 Å². The molecule has 1 atom stereocenters. The van der Waals surface area contributed by atoms with Crippen molar-refractivity contribution < 1.29 is 9.32 Å². The van der Waals surface area contributed by atoms with E-state index in [0.717, 1.165) is 24.9 Å². The van der Waals surface area contributed by atoms with Gasteiger partial charge in [0.2, 0.25) is 0 Å². The van der Waals surface area contributed by atoms with Crippen molar-refractivity contribution in [3.63, 3.8) is 0 Å². The molecular weight excluding hydrogens is 334 g/mol. The van der Waals surface area contributed by atoms with E-state index in [4.69, 9.17) is 4.52 Å². The number of rotatable bonds is 3. The third kappa shape index (κ3) is 2.87. The largest absolute Gasteiger partial charge is 0.334 e. The first-order valence-corrected chi connectivity index (χ1v) is 9.33. The number of amides is 1. The molecule has 25 heavy (non-hydrogen) atoms. The van der Waals surface area contributed by atoms with E-state index in [-0.39, 0.29) is 11.9 Å². The van der Waals surface area contributed by atoms with Gasteiger partial charge in [-0.15, -0.1) is 11.3 Å². The maximum Gasteiger partial charge on any atom is 0.257 e. The first kappa shape index (κ1) is 16.0. The Balaban J connectivity index is 1.58. The van der Waals surface area contributed by atoms with Crippen molar-refractivity contribution in [2.45, 2.75) is 32.7 Å². The molecule has 6 heteroatoms. The normalized spacial score (nSPS) is 16.7. The lowest BCUT2D eigenvalue weighted by atomic mass is 9.96. The minimum atomic E-state index is 0.0805. The van der Waals surface area contributed by atoms with E-state index in [0.29, 0.717) is 17.3 Å². The minimum absolute atomic E-state index is 0.0805. The van der Waals surface area contributed by atoms with Gasteiger partial charge < -0.3 is 9.42 Å². The molecule has 1 unspecified atom stereocenters. The molecule has 0 N–H and O–H groups in total. The van der Waals surface area contributed by atoms with Crippen molar-refractivity contribution in [3.05, 3.63) is 57.5 Å². The number of fused-ring (bicyclic) bond motifs is 1. The van der Waals surface area contributed by atoms with Crippen LogP contribution in [0.3, 0.4) is 0 Å². The summed E-state index contributed by atoms with van der Waals surface area (Å²) in [5.74, 6) is 1.15. The average Bonchev–Trinajstić information content (AvgIpc) is 3.29. The van der Waals surface area contributed by atoms with Crippen LogP contribution in [0.25, 0.3) is 11.5 Å². The molecule has 0 saturated heterocycles. The third-order valence-corrected chi connectivity index (χ3v) is 5.65. The van der Waals surface area contributed by atoms with Crippen molar-refractivity contribution >= 4 is 17.2 Å². The van der Waals surface area contributed by atoms with E-state index in [2.05, 4.69) is 28.5 Å². The lowest BCUT2D eigenvalue weighted by molar-refractivity contribution is 0.0657. The predicted molar refractivity (Wildman–Crippen MR) is 96.6 cm³/mol. The molecule has 3 heterocycles. The molecular formula is C19H19N3O2S. The highest BCUT2D eigenvalue weighted by atomic mass is 32.1. The van der Waals surface area contributed by atoms with E-state index in [1.807, 2.05) is 29.2 Å². The Morgan fingerprint density at radius 1 is 1.32 bits per heavy atom. The average molecular weight is 353 g/mol. The number of aromatic nitrogens is 2. The summed E-state index contributed by atoms with van der Waals surface area (Å²) in [5.41, 5.74) is 2.82. The molecule has 0 spiro atoms. The van der Waals surface area contributed by atoms with Crippen molar-refractivity contribution in [3.8, 4) is 11.5 Å². The number of aryl methyl sites for hydroxylation is 1. The summed E-state index contributed by atoms with van der Waals surface area (Å²) in [6, 6.07) is 9.73. The number of hydrogen-bond donors (Lipinski definition) is 0. The van der Waals surface area contributed by atoms with Crippen LogP contribution in [-0.2, 0) is 6.42 Å². The fourth-order valence-corrected chi connectivity index (χ4v) is 4.34. The Bertz CT molecular complexity index is 898. The van der Waals surface area contributed by atoms with Crippen molar-refractivity contribution in [1.29, 1.82) is 0 Å². The number of nitrogens with zero attached hydrogens (tertiary/aromatic N) is 3. The predicted octanol–water partition coefficient (Wildman–Crippen LogP) is 4.26. The zero-order valence-electron chi connectivity index (χ0n) is 14.2. The Morgan fingerprint density at radius 2 is 2.12 bits per heavy atom. The van der Waals surface area contributed by atoms with Gasteiger partial charge in [-0.05, 0) is 61.0 Å². The number of thiophene rings is 1. The number of benzene rings is 1. The zero-order chi connectivity index (χ0) is 17.4. The zero-order valence-corrected chi connectivity index (χ0v) is 15.0. The van der Waals surface area contributed by atoms with E-state index < -0.39 is 0 Å². The summed E-state index contributed by atoms with van der Waals surface area (Å²) in [5, 5.41) is 5.93. The van der Waals surface area contributed by atoms with E-state index in [1.54, 1.807) is 18.3 Å². The number of hydrogen-bond acceptors (Lipinski definition) is 5. The highest BCUT2D eigenvalue weighted by Gasteiger charge is 2.30. The molecule has 0 radical (unpaired) electrons. The summed E-state index contributed by atoms with van der Waals surface area (Å²) in [6.07, 6.45) is 1.86. The topological polar surface area (TPSA) is 59.2 Å². The molecule has 2 aromatic heterocycles. The minimum Gasteiger partial charge on any atom is -0.334 e. The van der Waals surface area contributed by atoms with Gasteiger partial charge >= 0.3 is 0 Å². The van der Waals surface area contributed by atoms with Crippen LogP contribution in [0.2, 0.25) is 0 Å². The first-order valence-electron chi connectivity index (χ1n) is 8.45. The molecule has 0 fully saturated rings. The summed E-state index contributed by atoms with van der Waals surface area (Å²) < 4.78 is 5.18. The van der Waals surface area contributed by atoms with E-state index in [9.17, 15) is 4.79 Å². The first-order chi connectivity index (χ1) is 12.2. The molecule has 4 rings (SSSR count). The number of carbonyl (C=O) groups is 1. The maximum atomic E-state index is 13.0. The highest BCUT2D eigenvalue weighted by molar-refractivity contribution is 7.10. The Labute approximate surface area is 150 Å². The molecule has 1 aromatic carbocycles. The van der Waals surface area contributed by atoms with Gasteiger partial charge in [0.1, 0.15) is 0 Å². The standard InChI is InChI=1S/C19H19N3O2S/c1-3-16-15-9-11-25-17(15)8-10-22(16)19(23)14-6-4-13(5-7-14)18-20-12(2)21-24-18/h4-7,9,11,16H,3,8,10H2,1-2H3.